The van der Waals surface area contributed by atoms with Gasteiger partial charge >= 0.3 is 0 Å². The maximum absolute atomic E-state index is 13.3. The molecule has 0 unspecified atom stereocenters. The standard InChI is InChI=1S/C29H28N4O5S/c1-37-24-8-7-19(26(30)34)14-22(24)31-27(35)23-16-39-28(32-23)17-9-11-33(12-10-17)29(36)20-13-18-5-3-4-6-21(18)25(15-20)38-2/h3-8,13-17H,9-12H2,1-2H3,(H2,30,34)(H,31,35). The number of fused-ring (bicyclic) bond motifs is 1. The van der Waals surface area contributed by atoms with E-state index in [4.69, 9.17) is 15.2 Å². The number of hydrogen-bond donors (Lipinski definition) is 2. The summed E-state index contributed by atoms with van der Waals surface area (Å²) in [6.07, 6.45) is 1.50. The molecule has 1 aliphatic heterocycles. The number of carbonyl (C=O) groups is 3. The van der Waals surface area contributed by atoms with Crippen molar-refractivity contribution >= 4 is 45.5 Å². The summed E-state index contributed by atoms with van der Waals surface area (Å²) >= 11 is 1.43. The summed E-state index contributed by atoms with van der Waals surface area (Å²) in [5.41, 5.74) is 6.85. The highest BCUT2D eigenvalue weighted by Crippen LogP contribution is 2.33. The van der Waals surface area contributed by atoms with Crippen LogP contribution in [0.3, 0.4) is 0 Å². The fraction of sp³-hybridized carbons (Fsp3) is 0.241. The van der Waals surface area contributed by atoms with E-state index in [1.807, 2.05) is 35.2 Å². The van der Waals surface area contributed by atoms with Crippen molar-refractivity contribution < 1.29 is 23.9 Å². The predicted octanol–water partition coefficient (Wildman–Crippen LogP) is 4.68. The molecule has 4 aromatic rings. The van der Waals surface area contributed by atoms with Gasteiger partial charge in [-0.2, -0.15) is 0 Å². The van der Waals surface area contributed by atoms with E-state index in [9.17, 15) is 14.4 Å². The number of carbonyl (C=O) groups excluding carboxylic acids is 3. The van der Waals surface area contributed by atoms with Gasteiger partial charge in [0.1, 0.15) is 17.2 Å². The highest BCUT2D eigenvalue weighted by atomic mass is 32.1. The summed E-state index contributed by atoms with van der Waals surface area (Å²) in [4.78, 5) is 44.2. The Hall–Kier alpha value is -4.44. The number of ether oxygens (including phenoxy) is 2. The molecule has 200 valence electrons. The van der Waals surface area contributed by atoms with E-state index in [-0.39, 0.29) is 23.1 Å². The zero-order valence-corrected chi connectivity index (χ0v) is 22.4. The monoisotopic (exact) mass is 544 g/mol. The van der Waals surface area contributed by atoms with E-state index >= 15 is 0 Å². The van der Waals surface area contributed by atoms with Crippen molar-refractivity contribution in [3.63, 3.8) is 0 Å². The second kappa shape index (κ2) is 11.1. The molecular weight excluding hydrogens is 516 g/mol. The normalized spacial score (nSPS) is 13.7. The van der Waals surface area contributed by atoms with Gasteiger partial charge in [-0.15, -0.1) is 11.3 Å². The van der Waals surface area contributed by atoms with E-state index in [0.29, 0.717) is 35.8 Å². The molecule has 0 saturated carbocycles. The first-order valence-corrected chi connectivity index (χ1v) is 13.4. The van der Waals surface area contributed by atoms with Crippen molar-refractivity contribution in [2.75, 3.05) is 32.6 Å². The third-order valence-corrected chi connectivity index (χ3v) is 7.92. The number of thiazole rings is 1. The molecule has 0 radical (unpaired) electrons. The SMILES string of the molecule is COc1ccc(C(N)=O)cc1NC(=O)c1csc(C2CCN(C(=O)c3cc(OC)c4ccccc4c3)CC2)n1. The molecule has 1 saturated heterocycles. The summed E-state index contributed by atoms with van der Waals surface area (Å²) in [7, 11) is 3.09. The Morgan fingerprint density at radius 3 is 2.44 bits per heavy atom. The number of nitrogens with zero attached hydrogens (tertiary/aromatic N) is 2. The molecule has 1 aliphatic rings. The Morgan fingerprint density at radius 1 is 0.974 bits per heavy atom. The van der Waals surface area contributed by atoms with Crippen LogP contribution in [-0.2, 0) is 0 Å². The number of nitrogens with two attached hydrogens (primary N) is 1. The van der Waals surface area contributed by atoms with Crippen LogP contribution in [0.15, 0.2) is 60.0 Å². The summed E-state index contributed by atoms with van der Waals surface area (Å²) in [6.45, 7) is 1.19. The summed E-state index contributed by atoms with van der Waals surface area (Å²) in [6, 6.07) is 16.1. The highest BCUT2D eigenvalue weighted by Gasteiger charge is 2.27. The smallest absolute Gasteiger partial charge is 0.275 e. The van der Waals surface area contributed by atoms with Gasteiger partial charge in [-0.05, 0) is 48.6 Å². The Kier molecular flexibility index (Phi) is 7.47. The van der Waals surface area contributed by atoms with Crippen LogP contribution in [0, 0.1) is 0 Å². The van der Waals surface area contributed by atoms with Crippen molar-refractivity contribution in [2.45, 2.75) is 18.8 Å². The average molecular weight is 545 g/mol. The van der Waals surface area contributed by atoms with Crippen LogP contribution in [0.1, 0.15) is 55.0 Å². The van der Waals surface area contributed by atoms with Gasteiger partial charge in [0, 0.05) is 40.9 Å². The van der Waals surface area contributed by atoms with Crippen LogP contribution >= 0.6 is 11.3 Å². The lowest BCUT2D eigenvalue weighted by Gasteiger charge is -2.31. The topological polar surface area (TPSA) is 124 Å². The molecule has 39 heavy (non-hydrogen) atoms. The van der Waals surface area contributed by atoms with E-state index in [1.54, 1.807) is 24.6 Å². The quantitative estimate of drug-likeness (QED) is 0.348. The summed E-state index contributed by atoms with van der Waals surface area (Å²) in [5, 5.41) is 7.27. The van der Waals surface area contributed by atoms with Crippen LogP contribution in [0.25, 0.3) is 10.8 Å². The second-order valence-corrected chi connectivity index (χ2v) is 10.2. The minimum absolute atomic E-state index is 0.0242. The molecule has 2 heterocycles. The number of benzene rings is 3. The first kappa shape index (κ1) is 26.2. The first-order chi connectivity index (χ1) is 18.9. The molecule has 3 amide bonds. The van der Waals surface area contributed by atoms with Crippen molar-refractivity contribution in [2.24, 2.45) is 5.73 Å². The Balaban J connectivity index is 1.24. The third kappa shape index (κ3) is 5.42. The van der Waals surface area contributed by atoms with Gasteiger partial charge in [0.15, 0.2) is 0 Å². The first-order valence-electron chi connectivity index (χ1n) is 12.5. The largest absolute Gasteiger partial charge is 0.496 e. The molecule has 0 spiro atoms. The number of methoxy groups -OCH3 is 2. The fourth-order valence-electron chi connectivity index (χ4n) is 4.80. The maximum Gasteiger partial charge on any atom is 0.275 e. The second-order valence-electron chi connectivity index (χ2n) is 9.27. The van der Waals surface area contributed by atoms with Gasteiger partial charge in [0.05, 0.1) is 24.9 Å². The minimum atomic E-state index is -0.603. The fourth-order valence-corrected chi connectivity index (χ4v) is 5.78. The van der Waals surface area contributed by atoms with Crippen LogP contribution < -0.4 is 20.5 Å². The molecule has 1 aromatic heterocycles. The molecule has 3 N–H and O–H groups in total. The molecule has 1 fully saturated rings. The number of primary amides is 1. The number of nitrogens with one attached hydrogen (secondary N) is 1. The lowest BCUT2D eigenvalue weighted by Crippen LogP contribution is -2.37. The average Bonchev–Trinajstić information content (AvgIpc) is 3.47. The Labute approximate surface area is 229 Å². The van der Waals surface area contributed by atoms with Crippen molar-refractivity contribution in [1.29, 1.82) is 0 Å². The number of amides is 3. The van der Waals surface area contributed by atoms with Gasteiger partial charge in [-0.3, -0.25) is 14.4 Å². The Morgan fingerprint density at radius 2 is 1.72 bits per heavy atom. The summed E-state index contributed by atoms with van der Waals surface area (Å²) < 4.78 is 10.8. The molecule has 0 aliphatic carbocycles. The molecule has 5 rings (SSSR count). The van der Waals surface area contributed by atoms with Gasteiger partial charge in [-0.1, -0.05) is 24.3 Å². The lowest BCUT2D eigenvalue weighted by atomic mass is 9.96. The third-order valence-electron chi connectivity index (χ3n) is 6.91. The zero-order valence-electron chi connectivity index (χ0n) is 21.6. The van der Waals surface area contributed by atoms with Gasteiger partial charge < -0.3 is 25.4 Å². The molecule has 0 atom stereocenters. The van der Waals surface area contributed by atoms with E-state index in [2.05, 4.69) is 10.3 Å². The van der Waals surface area contributed by atoms with E-state index < -0.39 is 11.8 Å². The molecule has 3 aromatic carbocycles. The van der Waals surface area contributed by atoms with E-state index in [0.717, 1.165) is 28.6 Å². The highest BCUT2D eigenvalue weighted by molar-refractivity contribution is 7.10. The molecule has 9 nitrogen and oxygen atoms in total. The van der Waals surface area contributed by atoms with Crippen LogP contribution in [0.5, 0.6) is 11.5 Å². The predicted molar refractivity (Wildman–Crippen MR) is 150 cm³/mol. The molecule has 0 bridgehead atoms. The maximum atomic E-state index is 13.3. The number of aromatic nitrogens is 1. The van der Waals surface area contributed by atoms with Crippen molar-refractivity contribution in [3.05, 3.63) is 81.8 Å². The number of rotatable bonds is 7. The number of hydrogen-bond acceptors (Lipinski definition) is 7. The van der Waals surface area contributed by atoms with E-state index in [1.165, 1.54) is 30.6 Å². The van der Waals surface area contributed by atoms with Crippen LogP contribution in [0.4, 0.5) is 5.69 Å². The molecule has 10 heteroatoms. The lowest BCUT2D eigenvalue weighted by molar-refractivity contribution is 0.0712. The van der Waals surface area contributed by atoms with Crippen LogP contribution in [-0.4, -0.2) is 54.9 Å². The van der Waals surface area contributed by atoms with Gasteiger partial charge in [0.2, 0.25) is 5.91 Å². The minimum Gasteiger partial charge on any atom is -0.496 e. The number of piperidine rings is 1. The Bertz CT molecular complexity index is 1560. The van der Waals surface area contributed by atoms with Crippen molar-refractivity contribution in [1.82, 2.24) is 9.88 Å². The molecular formula is C29H28N4O5S. The van der Waals surface area contributed by atoms with Gasteiger partial charge in [-0.25, -0.2) is 4.98 Å². The van der Waals surface area contributed by atoms with Crippen LogP contribution in [0.2, 0.25) is 0 Å². The van der Waals surface area contributed by atoms with Gasteiger partial charge in [0.25, 0.3) is 11.8 Å². The van der Waals surface area contributed by atoms with Crippen molar-refractivity contribution in [3.8, 4) is 11.5 Å². The summed E-state index contributed by atoms with van der Waals surface area (Å²) in [5.74, 6) is 0.205. The number of likely N-dealkylation sites (tertiary alicyclic amines) is 1. The zero-order chi connectivity index (χ0) is 27.5. The number of anilines is 1.